The van der Waals surface area contributed by atoms with E-state index in [0.717, 1.165) is 6.42 Å². The number of rotatable bonds is 3. The summed E-state index contributed by atoms with van der Waals surface area (Å²) in [7, 11) is 0. The summed E-state index contributed by atoms with van der Waals surface area (Å²) in [6.45, 7) is 4.49. The molecule has 0 aromatic carbocycles. The summed E-state index contributed by atoms with van der Waals surface area (Å²) in [4.78, 5) is 7.99. The molecule has 0 aliphatic heterocycles. The van der Waals surface area contributed by atoms with Crippen LogP contribution < -0.4 is 10.5 Å². The first kappa shape index (κ1) is 8.77. The second-order valence-corrected chi connectivity index (χ2v) is 2.53. The molecule has 0 saturated heterocycles. The molecule has 2 N–H and O–H groups in total. The summed E-state index contributed by atoms with van der Waals surface area (Å²) in [6, 6.07) is 1.63. The zero-order valence-corrected chi connectivity index (χ0v) is 7.37. The molecule has 0 bridgehead atoms. The third-order valence-corrected chi connectivity index (χ3v) is 1.29. The van der Waals surface area contributed by atoms with Crippen molar-refractivity contribution in [1.82, 2.24) is 9.97 Å². The topological polar surface area (TPSA) is 61.0 Å². The van der Waals surface area contributed by atoms with Crippen LogP contribution >= 0.6 is 0 Å². The maximum Gasteiger partial charge on any atom is 0.218 e. The fourth-order valence-corrected chi connectivity index (χ4v) is 0.843. The third-order valence-electron chi connectivity index (χ3n) is 1.29. The minimum Gasteiger partial charge on any atom is -0.478 e. The smallest absolute Gasteiger partial charge is 0.218 e. The van der Waals surface area contributed by atoms with Crippen molar-refractivity contribution in [3.8, 4) is 5.88 Å². The Bertz CT molecular complexity index is 242. The van der Waals surface area contributed by atoms with E-state index in [1.165, 1.54) is 0 Å². The summed E-state index contributed by atoms with van der Waals surface area (Å²) in [5.41, 5.74) is 5.50. The normalized spacial score (nSPS) is 9.83. The van der Waals surface area contributed by atoms with E-state index in [-0.39, 0.29) is 0 Å². The van der Waals surface area contributed by atoms with Crippen molar-refractivity contribution in [2.75, 3.05) is 12.3 Å². The van der Waals surface area contributed by atoms with Gasteiger partial charge in [-0.05, 0) is 13.3 Å². The molecule has 0 amide bonds. The Kier molecular flexibility index (Phi) is 2.85. The molecular formula is C8H13N3O. The van der Waals surface area contributed by atoms with Crippen LogP contribution in [0.25, 0.3) is 0 Å². The Morgan fingerprint density at radius 1 is 1.50 bits per heavy atom. The number of aryl methyl sites for hydroxylation is 1. The Balaban J connectivity index is 2.72. The van der Waals surface area contributed by atoms with Crippen molar-refractivity contribution in [3.63, 3.8) is 0 Å². The lowest BCUT2D eigenvalue weighted by atomic mass is 10.5. The largest absolute Gasteiger partial charge is 0.478 e. The Hall–Kier alpha value is -1.32. The summed E-state index contributed by atoms with van der Waals surface area (Å²) in [5, 5.41) is 0. The zero-order chi connectivity index (χ0) is 8.97. The molecule has 0 aliphatic carbocycles. The van der Waals surface area contributed by atoms with E-state index in [0.29, 0.717) is 24.1 Å². The first-order chi connectivity index (χ1) is 5.72. The summed E-state index contributed by atoms with van der Waals surface area (Å²) in [6.07, 6.45) is 0.961. The first-order valence-corrected chi connectivity index (χ1v) is 3.96. The van der Waals surface area contributed by atoms with Crippen LogP contribution in [0, 0.1) is 6.92 Å². The minimum absolute atomic E-state index is 0.452. The molecule has 0 aliphatic rings. The molecular weight excluding hydrogens is 154 g/mol. The summed E-state index contributed by atoms with van der Waals surface area (Å²) in [5.74, 6) is 1.65. The van der Waals surface area contributed by atoms with Gasteiger partial charge in [-0.25, -0.2) is 4.98 Å². The standard InChI is InChI=1S/C8H13N3O/c1-3-4-12-8-5-7(9)10-6(2)11-8/h5H,3-4H2,1-2H3,(H2,9,10,11). The van der Waals surface area contributed by atoms with E-state index in [2.05, 4.69) is 9.97 Å². The van der Waals surface area contributed by atoms with E-state index in [1.54, 1.807) is 13.0 Å². The quantitative estimate of drug-likeness (QED) is 0.733. The monoisotopic (exact) mass is 167 g/mol. The molecule has 12 heavy (non-hydrogen) atoms. The van der Waals surface area contributed by atoms with Gasteiger partial charge < -0.3 is 10.5 Å². The van der Waals surface area contributed by atoms with Gasteiger partial charge in [0.05, 0.1) is 6.61 Å². The van der Waals surface area contributed by atoms with Crippen LogP contribution in [0.15, 0.2) is 6.07 Å². The van der Waals surface area contributed by atoms with Gasteiger partial charge in [-0.1, -0.05) is 6.92 Å². The fraction of sp³-hybridized carbons (Fsp3) is 0.500. The summed E-state index contributed by atoms with van der Waals surface area (Å²) < 4.78 is 5.29. The van der Waals surface area contributed by atoms with Gasteiger partial charge in [0.1, 0.15) is 11.6 Å². The lowest BCUT2D eigenvalue weighted by molar-refractivity contribution is 0.304. The molecule has 0 saturated carbocycles. The Labute approximate surface area is 71.8 Å². The van der Waals surface area contributed by atoms with Crippen molar-refractivity contribution >= 4 is 5.82 Å². The van der Waals surface area contributed by atoms with Gasteiger partial charge in [-0.15, -0.1) is 0 Å². The minimum atomic E-state index is 0.452. The molecule has 0 spiro atoms. The molecule has 1 aromatic rings. The molecule has 1 heterocycles. The van der Waals surface area contributed by atoms with E-state index < -0.39 is 0 Å². The number of nitrogens with two attached hydrogens (primary N) is 1. The molecule has 0 unspecified atom stereocenters. The van der Waals surface area contributed by atoms with Crippen LogP contribution in [-0.2, 0) is 0 Å². The van der Waals surface area contributed by atoms with Gasteiger partial charge in [0.15, 0.2) is 0 Å². The van der Waals surface area contributed by atoms with Crippen LogP contribution in [-0.4, -0.2) is 16.6 Å². The number of nitrogens with zero attached hydrogens (tertiary/aromatic N) is 2. The Morgan fingerprint density at radius 2 is 2.25 bits per heavy atom. The molecule has 66 valence electrons. The second-order valence-electron chi connectivity index (χ2n) is 2.53. The number of hydrogen-bond acceptors (Lipinski definition) is 4. The highest BCUT2D eigenvalue weighted by Gasteiger charge is 1.98. The van der Waals surface area contributed by atoms with E-state index in [1.807, 2.05) is 6.92 Å². The number of nitrogen functional groups attached to an aromatic ring is 1. The number of anilines is 1. The van der Waals surface area contributed by atoms with Crippen LogP contribution in [0.1, 0.15) is 19.2 Å². The van der Waals surface area contributed by atoms with Crippen molar-refractivity contribution in [2.45, 2.75) is 20.3 Å². The van der Waals surface area contributed by atoms with Crippen LogP contribution in [0.5, 0.6) is 5.88 Å². The maximum absolute atomic E-state index is 5.50. The van der Waals surface area contributed by atoms with Crippen LogP contribution in [0.3, 0.4) is 0 Å². The van der Waals surface area contributed by atoms with Gasteiger partial charge in [-0.3, -0.25) is 0 Å². The number of aromatic nitrogens is 2. The van der Waals surface area contributed by atoms with Crippen LogP contribution in [0.2, 0.25) is 0 Å². The van der Waals surface area contributed by atoms with Gasteiger partial charge >= 0.3 is 0 Å². The van der Waals surface area contributed by atoms with Gasteiger partial charge in [0.25, 0.3) is 0 Å². The number of ether oxygens (including phenoxy) is 1. The lowest BCUT2D eigenvalue weighted by Crippen LogP contribution is -2.01. The molecule has 0 atom stereocenters. The van der Waals surface area contributed by atoms with Crippen molar-refractivity contribution in [3.05, 3.63) is 11.9 Å². The second kappa shape index (κ2) is 3.90. The van der Waals surface area contributed by atoms with Crippen molar-refractivity contribution in [2.24, 2.45) is 0 Å². The average molecular weight is 167 g/mol. The molecule has 1 rings (SSSR count). The highest BCUT2D eigenvalue weighted by Crippen LogP contribution is 2.10. The first-order valence-electron chi connectivity index (χ1n) is 3.96. The van der Waals surface area contributed by atoms with Crippen molar-refractivity contribution < 1.29 is 4.74 Å². The fourth-order valence-electron chi connectivity index (χ4n) is 0.843. The molecule has 4 nitrogen and oxygen atoms in total. The Morgan fingerprint density at radius 3 is 2.83 bits per heavy atom. The predicted octanol–water partition coefficient (Wildman–Crippen LogP) is 1.16. The molecule has 0 fully saturated rings. The van der Waals surface area contributed by atoms with Gasteiger partial charge in [0.2, 0.25) is 5.88 Å². The van der Waals surface area contributed by atoms with E-state index in [4.69, 9.17) is 10.5 Å². The van der Waals surface area contributed by atoms with Gasteiger partial charge in [-0.2, -0.15) is 4.98 Å². The SMILES string of the molecule is CCCOc1cc(N)nc(C)n1. The average Bonchev–Trinajstić information content (AvgIpc) is 1.99. The van der Waals surface area contributed by atoms with E-state index >= 15 is 0 Å². The third kappa shape index (κ3) is 2.38. The van der Waals surface area contributed by atoms with Crippen molar-refractivity contribution in [1.29, 1.82) is 0 Å². The maximum atomic E-state index is 5.50. The van der Waals surface area contributed by atoms with E-state index in [9.17, 15) is 0 Å². The molecule has 0 radical (unpaired) electrons. The molecule has 4 heteroatoms. The number of hydrogen-bond donors (Lipinski definition) is 1. The highest BCUT2D eigenvalue weighted by atomic mass is 16.5. The summed E-state index contributed by atoms with van der Waals surface area (Å²) >= 11 is 0. The predicted molar refractivity (Wildman–Crippen MR) is 47.0 cm³/mol. The van der Waals surface area contributed by atoms with Gasteiger partial charge in [0, 0.05) is 6.07 Å². The molecule has 1 aromatic heterocycles. The highest BCUT2D eigenvalue weighted by molar-refractivity contribution is 5.32. The zero-order valence-electron chi connectivity index (χ0n) is 7.37. The van der Waals surface area contributed by atoms with Crippen LogP contribution in [0.4, 0.5) is 5.82 Å². The lowest BCUT2D eigenvalue weighted by Gasteiger charge is -2.04.